The third kappa shape index (κ3) is 5.84. The fraction of sp³-hybridized carbons (Fsp3) is 0.263. The summed E-state index contributed by atoms with van der Waals surface area (Å²) in [5.41, 5.74) is 0.931. The number of esters is 1. The van der Waals surface area contributed by atoms with Gasteiger partial charge in [0.1, 0.15) is 0 Å². The third-order valence-electron chi connectivity index (χ3n) is 3.68. The molecule has 138 valence electrons. The summed E-state index contributed by atoms with van der Waals surface area (Å²) in [6.07, 6.45) is 0.717. The van der Waals surface area contributed by atoms with Crippen molar-refractivity contribution in [2.24, 2.45) is 0 Å². The fourth-order valence-electron chi connectivity index (χ4n) is 2.24. The van der Waals surface area contributed by atoms with E-state index in [1.54, 1.807) is 0 Å². The molecule has 2 rings (SSSR count). The molecule has 0 fully saturated rings. The van der Waals surface area contributed by atoms with Crippen molar-refractivity contribution in [1.82, 2.24) is 5.32 Å². The van der Waals surface area contributed by atoms with Gasteiger partial charge in [0.15, 0.2) is 18.2 Å². The molecule has 0 heterocycles. The van der Waals surface area contributed by atoms with Crippen molar-refractivity contribution in [2.45, 2.75) is 6.42 Å². The van der Waals surface area contributed by atoms with Crippen molar-refractivity contribution < 1.29 is 23.1 Å². The number of hydrogen-bond acceptors (Lipinski definition) is 4. The first-order valence-electron chi connectivity index (χ1n) is 8.12. The molecule has 0 saturated carbocycles. The molecule has 26 heavy (non-hydrogen) atoms. The molecule has 1 N–H and O–H groups in total. The number of nitrogens with one attached hydrogen (secondary N) is 1. The van der Waals surface area contributed by atoms with Crippen LogP contribution in [0.15, 0.2) is 48.5 Å². The fourth-order valence-corrected chi connectivity index (χ4v) is 2.24. The molecular weight excluding hydrogens is 342 g/mol. The summed E-state index contributed by atoms with van der Waals surface area (Å²) in [5.74, 6) is -3.54. The van der Waals surface area contributed by atoms with Gasteiger partial charge in [-0.3, -0.25) is 4.79 Å². The molecule has 2 aromatic rings. The van der Waals surface area contributed by atoms with Crippen LogP contribution in [-0.4, -0.2) is 38.6 Å². The largest absolute Gasteiger partial charge is 0.452 e. The van der Waals surface area contributed by atoms with Crippen LogP contribution in [-0.2, 0) is 9.53 Å². The highest BCUT2D eigenvalue weighted by atomic mass is 19.2. The van der Waals surface area contributed by atoms with Crippen LogP contribution in [0.5, 0.6) is 0 Å². The number of carbonyl (C=O) groups is 2. The Balaban J connectivity index is 1.65. The molecule has 0 spiro atoms. The van der Waals surface area contributed by atoms with Gasteiger partial charge in [-0.25, -0.2) is 13.6 Å². The Hall–Kier alpha value is -2.96. The zero-order chi connectivity index (χ0) is 18.9. The predicted molar refractivity (Wildman–Crippen MR) is 94.0 cm³/mol. The Kier molecular flexibility index (Phi) is 7.08. The van der Waals surface area contributed by atoms with Crippen molar-refractivity contribution in [2.75, 3.05) is 31.6 Å². The van der Waals surface area contributed by atoms with E-state index in [2.05, 4.69) is 10.2 Å². The number of halogens is 2. The minimum Gasteiger partial charge on any atom is -0.452 e. The lowest BCUT2D eigenvalue weighted by Crippen LogP contribution is -2.31. The Labute approximate surface area is 150 Å². The Bertz CT molecular complexity index is 754. The molecule has 0 saturated heterocycles. The van der Waals surface area contributed by atoms with Gasteiger partial charge in [-0.05, 0) is 36.8 Å². The van der Waals surface area contributed by atoms with E-state index in [9.17, 15) is 18.4 Å². The average molecular weight is 362 g/mol. The topological polar surface area (TPSA) is 58.6 Å². The normalized spacial score (nSPS) is 10.3. The summed E-state index contributed by atoms with van der Waals surface area (Å²) in [6.45, 7) is 0.698. The maximum atomic E-state index is 13.1. The lowest BCUT2D eigenvalue weighted by atomic mass is 10.2. The van der Waals surface area contributed by atoms with Crippen LogP contribution in [0.2, 0.25) is 0 Å². The van der Waals surface area contributed by atoms with Gasteiger partial charge >= 0.3 is 5.97 Å². The second-order valence-corrected chi connectivity index (χ2v) is 5.67. The van der Waals surface area contributed by atoms with Crippen LogP contribution in [0, 0.1) is 11.6 Å². The van der Waals surface area contributed by atoms with Gasteiger partial charge in [-0.1, -0.05) is 18.2 Å². The molecule has 2 aromatic carbocycles. The van der Waals surface area contributed by atoms with E-state index in [1.165, 1.54) is 0 Å². The van der Waals surface area contributed by atoms with Gasteiger partial charge in [0, 0.05) is 25.8 Å². The summed E-state index contributed by atoms with van der Waals surface area (Å²) in [6, 6.07) is 12.5. The van der Waals surface area contributed by atoms with Crippen LogP contribution in [0.3, 0.4) is 0 Å². The third-order valence-corrected chi connectivity index (χ3v) is 3.68. The highest BCUT2D eigenvalue weighted by Gasteiger charge is 2.12. The lowest BCUT2D eigenvalue weighted by molar-refractivity contribution is -0.124. The first kappa shape index (κ1) is 19.4. The molecule has 0 atom stereocenters. The minimum absolute atomic E-state index is 0.152. The minimum atomic E-state index is -1.15. The molecule has 0 aliphatic rings. The second kappa shape index (κ2) is 9.50. The van der Waals surface area contributed by atoms with E-state index in [4.69, 9.17) is 4.74 Å². The highest BCUT2D eigenvalue weighted by Crippen LogP contribution is 2.11. The van der Waals surface area contributed by atoms with Crippen molar-refractivity contribution >= 4 is 17.6 Å². The molecule has 0 aliphatic carbocycles. The summed E-state index contributed by atoms with van der Waals surface area (Å²) < 4.78 is 30.7. The smallest absolute Gasteiger partial charge is 0.338 e. The van der Waals surface area contributed by atoms with E-state index in [1.807, 2.05) is 37.4 Å². The van der Waals surface area contributed by atoms with E-state index >= 15 is 0 Å². The molecule has 7 heteroatoms. The van der Waals surface area contributed by atoms with Gasteiger partial charge in [-0.15, -0.1) is 0 Å². The van der Waals surface area contributed by atoms with Gasteiger partial charge in [0.25, 0.3) is 5.91 Å². The quantitative estimate of drug-likeness (QED) is 0.580. The number of amides is 1. The van der Waals surface area contributed by atoms with Crippen molar-refractivity contribution in [1.29, 1.82) is 0 Å². The maximum Gasteiger partial charge on any atom is 0.338 e. The van der Waals surface area contributed by atoms with Crippen molar-refractivity contribution in [3.63, 3.8) is 0 Å². The number of benzene rings is 2. The summed E-state index contributed by atoms with van der Waals surface area (Å²) in [5, 5.41) is 2.64. The van der Waals surface area contributed by atoms with Crippen LogP contribution in [0.1, 0.15) is 16.8 Å². The monoisotopic (exact) mass is 362 g/mol. The highest BCUT2D eigenvalue weighted by molar-refractivity contribution is 5.91. The van der Waals surface area contributed by atoms with Crippen molar-refractivity contribution in [3.8, 4) is 0 Å². The number of anilines is 1. The summed E-state index contributed by atoms with van der Waals surface area (Å²) in [4.78, 5) is 25.4. The van der Waals surface area contributed by atoms with E-state index < -0.39 is 30.1 Å². The Morgan fingerprint density at radius 1 is 1.08 bits per heavy atom. The SMILES string of the molecule is CN(CCCNC(=O)COC(=O)c1ccc(F)c(F)c1)c1ccccc1. The lowest BCUT2D eigenvalue weighted by Gasteiger charge is -2.19. The molecule has 5 nitrogen and oxygen atoms in total. The molecular formula is C19H20F2N2O3. The molecule has 0 unspecified atom stereocenters. The van der Waals surface area contributed by atoms with Crippen molar-refractivity contribution in [3.05, 3.63) is 65.7 Å². The molecule has 0 aromatic heterocycles. The number of ether oxygens (including phenoxy) is 1. The van der Waals surface area contributed by atoms with Crippen LogP contribution in [0.4, 0.5) is 14.5 Å². The van der Waals surface area contributed by atoms with E-state index in [0.29, 0.717) is 13.0 Å². The second-order valence-electron chi connectivity index (χ2n) is 5.67. The number of nitrogens with zero attached hydrogens (tertiary/aromatic N) is 1. The summed E-state index contributed by atoms with van der Waals surface area (Å²) in [7, 11) is 1.96. The number of rotatable bonds is 8. The zero-order valence-electron chi connectivity index (χ0n) is 14.4. The van der Waals surface area contributed by atoms with Gasteiger partial charge in [0.05, 0.1) is 5.56 Å². The average Bonchev–Trinajstić information content (AvgIpc) is 2.66. The first-order chi connectivity index (χ1) is 12.5. The van der Waals surface area contributed by atoms with E-state index in [-0.39, 0.29) is 5.56 Å². The van der Waals surface area contributed by atoms with Gasteiger partial charge < -0.3 is 15.0 Å². The van der Waals surface area contributed by atoms with Gasteiger partial charge in [0.2, 0.25) is 0 Å². The van der Waals surface area contributed by atoms with Crippen LogP contribution >= 0.6 is 0 Å². The Morgan fingerprint density at radius 3 is 2.50 bits per heavy atom. The number of para-hydroxylation sites is 1. The molecule has 0 aliphatic heterocycles. The summed E-state index contributed by atoms with van der Waals surface area (Å²) >= 11 is 0. The number of carbonyl (C=O) groups excluding carboxylic acids is 2. The predicted octanol–water partition coefficient (Wildman–Crippen LogP) is 2.76. The molecule has 0 bridgehead atoms. The molecule has 0 radical (unpaired) electrons. The van der Waals surface area contributed by atoms with Crippen LogP contribution in [0.25, 0.3) is 0 Å². The standard InChI is InChI=1S/C19H20F2N2O3/c1-23(15-6-3-2-4-7-15)11-5-10-22-18(24)13-26-19(25)14-8-9-16(20)17(21)12-14/h2-4,6-9,12H,5,10-11,13H2,1H3,(H,22,24). The number of hydrogen-bond donors (Lipinski definition) is 1. The van der Waals surface area contributed by atoms with Gasteiger partial charge in [-0.2, -0.15) is 0 Å². The maximum absolute atomic E-state index is 13.1. The molecule has 1 amide bonds. The first-order valence-corrected chi connectivity index (χ1v) is 8.12. The van der Waals surface area contributed by atoms with E-state index in [0.717, 1.165) is 30.4 Å². The van der Waals surface area contributed by atoms with Crippen LogP contribution < -0.4 is 10.2 Å². The Morgan fingerprint density at radius 2 is 1.81 bits per heavy atom. The zero-order valence-corrected chi connectivity index (χ0v) is 14.4.